The van der Waals surface area contributed by atoms with E-state index in [9.17, 15) is 13.2 Å². The standard InChI is InChI=1S/C27H32N4O3S/c1-4-30-15-17-31(18-16-30)25-8-6-5-7-24(25)28-27(32)22-11-13-23(14-12-22)29-35(33,34)26-19-20(2)9-10-21(26)3/h5-14,19,29H,4,15-18H2,1-3H3,(H,28,32). The molecule has 0 aromatic heterocycles. The lowest BCUT2D eigenvalue weighted by Crippen LogP contribution is -2.46. The van der Waals surface area contributed by atoms with Crippen molar-refractivity contribution < 1.29 is 13.2 Å². The molecule has 1 fully saturated rings. The molecule has 8 heteroatoms. The first-order valence-corrected chi connectivity index (χ1v) is 13.3. The minimum atomic E-state index is -3.73. The van der Waals surface area contributed by atoms with Crippen molar-refractivity contribution in [3.8, 4) is 0 Å². The van der Waals surface area contributed by atoms with Crippen molar-refractivity contribution in [2.45, 2.75) is 25.7 Å². The molecule has 1 saturated heterocycles. The van der Waals surface area contributed by atoms with Crippen LogP contribution in [0.2, 0.25) is 0 Å². The number of hydrogen-bond donors (Lipinski definition) is 2. The van der Waals surface area contributed by atoms with Crippen molar-refractivity contribution in [3.05, 3.63) is 83.4 Å². The lowest BCUT2D eigenvalue weighted by Gasteiger charge is -2.36. The van der Waals surface area contributed by atoms with Gasteiger partial charge >= 0.3 is 0 Å². The number of anilines is 3. The van der Waals surface area contributed by atoms with Crippen molar-refractivity contribution in [3.63, 3.8) is 0 Å². The van der Waals surface area contributed by atoms with E-state index < -0.39 is 10.0 Å². The van der Waals surface area contributed by atoms with Gasteiger partial charge in [0.1, 0.15) is 0 Å². The second-order valence-corrected chi connectivity index (χ2v) is 10.5. The van der Waals surface area contributed by atoms with Gasteiger partial charge in [-0.1, -0.05) is 31.2 Å². The van der Waals surface area contributed by atoms with Gasteiger partial charge in [-0.2, -0.15) is 0 Å². The largest absolute Gasteiger partial charge is 0.367 e. The Bertz CT molecular complexity index is 1300. The number of sulfonamides is 1. The van der Waals surface area contributed by atoms with Gasteiger partial charge in [-0.3, -0.25) is 9.52 Å². The fraction of sp³-hybridized carbons (Fsp3) is 0.296. The predicted octanol–water partition coefficient (Wildman–Crippen LogP) is 4.50. The third-order valence-electron chi connectivity index (χ3n) is 6.34. The summed E-state index contributed by atoms with van der Waals surface area (Å²) in [6.07, 6.45) is 0. The second-order valence-electron chi connectivity index (χ2n) is 8.84. The summed E-state index contributed by atoms with van der Waals surface area (Å²) >= 11 is 0. The van der Waals surface area contributed by atoms with Gasteiger partial charge < -0.3 is 15.1 Å². The molecule has 3 aromatic carbocycles. The summed E-state index contributed by atoms with van der Waals surface area (Å²) in [5.41, 5.74) is 4.17. The first kappa shape index (κ1) is 24.8. The number of aryl methyl sites for hydroxylation is 2. The number of piperazine rings is 1. The highest BCUT2D eigenvalue weighted by molar-refractivity contribution is 7.92. The van der Waals surface area contributed by atoms with E-state index in [1.54, 1.807) is 43.3 Å². The molecule has 7 nitrogen and oxygen atoms in total. The maximum Gasteiger partial charge on any atom is 0.262 e. The fourth-order valence-electron chi connectivity index (χ4n) is 4.25. The highest BCUT2D eigenvalue weighted by Gasteiger charge is 2.20. The highest BCUT2D eigenvalue weighted by Crippen LogP contribution is 2.27. The minimum Gasteiger partial charge on any atom is -0.367 e. The Morgan fingerprint density at radius 3 is 2.29 bits per heavy atom. The number of carbonyl (C=O) groups excluding carboxylic acids is 1. The van der Waals surface area contributed by atoms with Crippen LogP contribution in [0.5, 0.6) is 0 Å². The molecule has 0 spiro atoms. The molecule has 0 radical (unpaired) electrons. The summed E-state index contributed by atoms with van der Waals surface area (Å²) in [4.78, 5) is 17.9. The summed E-state index contributed by atoms with van der Waals surface area (Å²) in [7, 11) is -3.73. The average Bonchev–Trinajstić information content (AvgIpc) is 2.86. The zero-order valence-electron chi connectivity index (χ0n) is 20.4. The molecule has 4 rings (SSSR count). The molecule has 0 atom stereocenters. The number of amides is 1. The Balaban J connectivity index is 1.45. The molecule has 184 valence electrons. The molecule has 1 heterocycles. The molecular formula is C27H32N4O3S. The van der Waals surface area contributed by atoms with Crippen molar-refractivity contribution in [2.75, 3.05) is 47.7 Å². The number of benzene rings is 3. The van der Waals surface area contributed by atoms with Crippen molar-refractivity contribution >= 4 is 33.0 Å². The van der Waals surface area contributed by atoms with Gasteiger partial charge in [0.25, 0.3) is 15.9 Å². The number of likely N-dealkylation sites (N-methyl/N-ethyl adjacent to an activating group) is 1. The zero-order valence-corrected chi connectivity index (χ0v) is 21.2. The SMILES string of the molecule is CCN1CCN(c2ccccc2NC(=O)c2ccc(NS(=O)(=O)c3cc(C)ccc3C)cc2)CC1. The van der Waals surface area contributed by atoms with E-state index in [4.69, 9.17) is 0 Å². The van der Waals surface area contributed by atoms with Crippen LogP contribution in [0.4, 0.5) is 17.1 Å². The fourth-order valence-corrected chi connectivity index (χ4v) is 5.64. The first-order chi connectivity index (χ1) is 16.8. The van der Waals surface area contributed by atoms with Crippen LogP contribution in [0, 0.1) is 13.8 Å². The van der Waals surface area contributed by atoms with E-state index in [0.717, 1.165) is 49.7 Å². The van der Waals surface area contributed by atoms with Crippen LogP contribution in [0.15, 0.2) is 71.6 Å². The third-order valence-corrected chi connectivity index (χ3v) is 7.87. The molecule has 0 aliphatic carbocycles. The molecule has 35 heavy (non-hydrogen) atoms. The van der Waals surface area contributed by atoms with Crippen LogP contribution in [0.25, 0.3) is 0 Å². The van der Waals surface area contributed by atoms with Crippen molar-refractivity contribution in [2.24, 2.45) is 0 Å². The van der Waals surface area contributed by atoms with Gasteiger partial charge in [0, 0.05) is 37.4 Å². The quantitative estimate of drug-likeness (QED) is 0.508. The molecule has 0 bridgehead atoms. The number of nitrogens with zero attached hydrogens (tertiary/aromatic N) is 2. The van der Waals surface area contributed by atoms with E-state index in [-0.39, 0.29) is 10.8 Å². The molecular weight excluding hydrogens is 460 g/mol. The molecule has 1 aliphatic heterocycles. The van der Waals surface area contributed by atoms with E-state index in [1.807, 2.05) is 37.3 Å². The topological polar surface area (TPSA) is 81.8 Å². The third kappa shape index (κ3) is 5.83. The van der Waals surface area contributed by atoms with Crippen molar-refractivity contribution in [1.82, 2.24) is 4.90 Å². The number of hydrogen-bond acceptors (Lipinski definition) is 5. The summed E-state index contributed by atoms with van der Waals surface area (Å²) in [5.74, 6) is -0.242. The van der Waals surface area contributed by atoms with E-state index in [2.05, 4.69) is 26.8 Å². The number of carbonyl (C=O) groups is 1. The maximum atomic E-state index is 13.0. The second kappa shape index (κ2) is 10.5. The van der Waals surface area contributed by atoms with Crippen LogP contribution < -0.4 is 14.9 Å². The summed E-state index contributed by atoms with van der Waals surface area (Å²) in [6.45, 7) is 10.7. The number of nitrogens with one attached hydrogen (secondary N) is 2. The summed E-state index contributed by atoms with van der Waals surface area (Å²) in [5, 5.41) is 3.02. The number of para-hydroxylation sites is 2. The van der Waals surface area contributed by atoms with Gasteiger partial charge in [-0.15, -0.1) is 0 Å². The lowest BCUT2D eigenvalue weighted by molar-refractivity contribution is 0.102. The normalized spacial score (nSPS) is 14.5. The summed E-state index contributed by atoms with van der Waals surface area (Å²) < 4.78 is 28.3. The molecule has 1 aliphatic rings. The van der Waals surface area contributed by atoms with Gasteiger partial charge in [0.2, 0.25) is 0 Å². The molecule has 0 unspecified atom stereocenters. The van der Waals surface area contributed by atoms with Crippen LogP contribution >= 0.6 is 0 Å². The first-order valence-electron chi connectivity index (χ1n) is 11.8. The van der Waals surface area contributed by atoms with E-state index in [1.165, 1.54) is 0 Å². The Hall–Kier alpha value is -3.36. The zero-order chi connectivity index (χ0) is 25.0. The number of rotatable bonds is 7. The van der Waals surface area contributed by atoms with Crippen LogP contribution in [0.1, 0.15) is 28.4 Å². The van der Waals surface area contributed by atoms with Crippen LogP contribution in [0.3, 0.4) is 0 Å². The monoisotopic (exact) mass is 492 g/mol. The average molecular weight is 493 g/mol. The summed E-state index contributed by atoms with van der Waals surface area (Å²) in [6, 6.07) is 19.6. The van der Waals surface area contributed by atoms with E-state index in [0.29, 0.717) is 16.8 Å². The Kier molecular flexibility index (Phi) is 7.42. The Morgan fingerprint density at radius 2 is 1.60 bits per heavy atom. The Labute approximate surface area is 207 Å². The van der Waals surface area contributed by atoms with Crippen molar-refractivity contribution in [1.29, 1.82) is 0 Å². The molecule has 0 saturated carbocycles. The smallest absolute Gasteiger partial charge is 0.262 e. The predicted molar refractivity (Wildman–Crippen MR) is 142 cm³/mol. The highest BCUT2D eigenvalue weighted by atomic mass is 32.2. The van der Waals surface area contributed by atoms with Gasteiger partial charge in [-0.25, -0.2) is 8.42 Å². The molecule has 3 aromatic rings. The van der Waals surface area contributed by atoms with Crippen LogP contribution in [-0.2, 0) is 10.0 Å². The minimum absolute atomic E-state index is 0.242. The molecule has 1 amide bonds. The molecule has 2 N–H and O–H groups in total. The van der Waals surface area contributed by atoms with E-state index >= 15 is 0 Å². The maximum absolute atomic E-state index is 13.0. The lowest BCUT2D eigenvalue weighted by atomic mass is 10.1. The van der Waals surface area contributed by atoms with Gasteiger partial charge in [0.05, 0.1) is 16.3 Å². The Morgan fingerprint density at radius 1 is 0.914 bits per heavy atom. The van der Waals surface area contributed by atoms with Gasteiger partial charge in [0.15, 0.2) is 0 Å². The van der Waals surface area contributed by atoms with Crippen LogP contribution in [-0.4, -0.2) is 51.9 Å². The van der Waals surface area contributed by atoms with Gasteiger partial charge in [-0.05, 0) is 74.0 Å².